The molecule has 33 heavy (non-hydrogen) atoms. The van der Waals surface area contributed by atoms with Crippen molar-refractivity contribution in [3.05, 3.63) is 65.4 Å². The van der Waals surface area contributed by atoms with Crippen LogP contribution < -0.4 is 10.0 Å². The molecule has 5 rings (SSSR count). The number of para-hydroxylation sites is 1. The van der Waals surface area contributed by atoms with Crippen LogP contribution in [-0.2, 0) is 22.9 Å². The van der Waals surface area contributed by atoms with Crippen LogP contribution in [0.3, 0.4) is 0 Å². The summed E-state index contributed by atoms with van der Waals surface area (Å²) in [5.41, 5.74) is 3.84. The first-order valence-corrected chi connectivity index (χ1v) is 12.8. The van der Waals surface area contributed by atoms with Crippen molar-refractivity contribution >= 4 is 38.4 Å². The molecule has 2 aliphatic rings. The molecule has 1 amide bonds. The summed E-state index contributed by atoms with van der Waals surface area (Å²) in [5.74, 6) is 0.708. The van der Waals surface area contributed by atoms with E-state index in [4.69, 9.17) is 4.98 Å². The first-order valence-electron chi connectivity index (χ1n) is 11.3. The van der Waals surface area contributed by atoms with Crippen LogP contribution in [0.1, 0.15) is 47.8 Å². The number of amides is 1. The molecule has 1 aliphatic heterocycles. The minimum Gasteiger partial charge on any atom is -0.322 e. The molecule has 0 saturated carbocycles. The number of anilines is 1. The van der Waals surface area contributed by atoms with E-state index in [2.05, 4.69) is 22.0 Å². The minimum absolute atomic E-state index is 0.0881. The minimum atomic E-state index is -3.77. The lowest BCUT2D eigenvalue weighted by Crippen LogP contribution is -2.29. The Kier molecular flexibility index (Phi) is 5.62. The standard InChI is InChI=1S/C25H26N4O3S/c1-16-11-12-22-20(14-16)24(19-8-2-3-9-21(19)28-22)25(30)27-17-6-4-7-18(15-17)33(31,32)29-23-10-5-13-26-23/h2-4,6-9,15-16H,5,10-14H2,1H3,(H,26,29)(H,27,30). The summed E-state index contributed by atoms with van der Waals surface area (Å²) >= 11 is 0. The lowest BCUT2D eigenvalue weighted by atomic mass is 9.84. The van der Waals surface area contributed by atoms with Gasteiger partial charge in [0.2, 0.25) is 0 Å². The highest BCUT2D eigenvalue weighted by Crippen LogP contribution is 2.32. The van der Waals surface area contributed by atoms with Crippen molar-refractivity contribution in [3.63, 3.8) is 0 Å². The summed E-state index contributed by atoms with van der Waals surface area (Å²) in [4.78, 5) is 22.6. The van der Waals surface area contributed by atoms with E-state index in [0.29, 0.717) is 36.0 Å². The maximum Gasteiger partial charge on any atom is 0.262 e. The number of pyridine rings is 1. The second kappa shape index (κ2) is 8.59. The van der Waals surface area contributed by atoms with Crippen molar-refractivity contribution in [2.45, 2.75) is 43.9 Å². The highest BCUT2D eigenvalue weighted by molar-refractivity contribution is 7.90. The maximum absolute atomic E-state index is 13.5. The lowest BCUT2D eigenvalue weighted by molar-refractivity contribution is 0.102. The number of benzene rings is 2. The third-order valence-corrected chi connectivity index (χ3v) is 7.64. The number of amidine groups is 1. The zero-order valence-electron chi connectivity index (χ0n) is 18.5. The predicted molar refractivity (Wildman–Crippen MR) is 129 cm³/mol. The number of carbonyl (C=O) groups excluding carboxylic acids is 1. The summed E-state index contributed by atoms with van der Waals surface area (Å²) < 4.78 is 28.1. The molecule has 1 aliphatic carbocycles. The molecule has 0 fully saturated rings. The van der Waals surface area contributed by atoms with Crippen LogP contribution in [0.5, 0.6) is 0 Å². The van der Waals surface area contributed by atoms with Gasteiger partial charge in [-0.05, 0) is 61.4 Å². The maximum atomic E-state index is 13.5. The smallest absolute Gasteiger partial charge is 0.262 e. The van der Waals surface area contributed by atoms with Gasteiger partial charge in [-0.25, -0.2) is 8.42 Å². The summed E-state index contributed by atoms with van der Waals surface area (Å²) in [5, 5.41) is 3.74. The number of nitrogens with zero attached hydrogens (tertiary/aromatic N) is 2. The Morgan fingerprint density at radius 1 is 1.09 bits per heavy atom. The van der Waals surface area contributed by atoms with Crippen molar-refractivity contribution in [1.82, 2.24) is 9.71 Å². The highest BCUT2D eigenvalue weighted by Gasteiger charge is 2.26. The van der Waals surface area contributed by atoms with E-state index >= 15 is 0 Å². The number of aromatic nitrogens is 1. The summed E-state index contributed by atoms with van der Waals surface area (Å²) in [6, 6.07) is 14.0. The van der Waals surface area contributed by atoms with Gasteiger partial charge in [0.05, 0.1) is 16.0 Å². The van der Waals surface area contributed by atoms with Crippen LogP contribution in [0.2, 0.25) is 0 Å². The van der Waals surface area contributed by atoms with Gasteiger partial charge in [-0.15, -0.1) is 0 Å². The Bertz CT molecular complexity index is 1380. The van der Waals surface area contributed by atoms with Crippen LogP contribution in [0.4, 0.5) is 5.69 Å². The molecule has 0 spiro atoms. The zero-order chi connectivity index (χ0) is 23.0. The van der Waals surface area contributed by atoms with Gasteiger partial charge < -0.3 is 5.32 Å². The van der Waals surface area contributed by atoms with E-state index in [1.807, 2.05) is 24.3 Å². The average molecular weight is 463 g/mol. The fourth-order valence-electron chi connectivity index (χ4n) is 4.59. The molecule has 2 heterocycles. The van der Waals surface area contributed by atoms with Gasteiger partial charge in [-0.1, -0.05) is 31.2 Å². The second-order valence-electron chi connectivity index (χ2n) is 8.80. The monoisotopic (exact) mass is 462 g/mol. The van der Waals surface area contributed by atoms with Crippen molar-refractivity contribution in [2.24, 2.45) is 10.9 Å². The number of hydrogen-bond donors (Lipinski definition) is 2. The number of carbonyl (C=O) groups is 1. The molecule has 1 unspecified atom stereocenters. The molecular weight excluding hydrogens is 436 g/mol. The number of sulfonamides is 1. The largest absolute Gasteiger partial charge is 0.322 e. The first kappa shape index (κ1) is 21.6. The third kappa shape index (κ3) is 4.35. The van der Waals surface area contributed by atoms with Crippen LogP contribution >= 0.6 is 0 Å². The molecule has 1 atom stereocenters. The molecule has 8 heteroatoms. The van der Waals surface area contributed by atoms with Gasteiger partial charge >= 0.3 is 0 Å². The SMILES string of the molecule is CC1CCc2nc3ccccc3c(C(=O)Nc3cccc(S(=O)(=O)NC4=NCCC4)c3)c2C1. The Hall–Kier alpha value is -3.26. The van der Waals surface area contributed by atoms with E-state index in [0.717, 1.165) is 47.8 Å². The molecule has 3 aromatic rings. The molecule has 1 aromatic heterocycles. The van der Waals surface area contributed by atoms with E-state index in [1.165, 1.54) is 12.1 Å². The van der Waals surface area contributed by atoms with Crippen molar-refractivity contribution < 1.29 is 13.2 Å². The first-order chi connectivity index (χ1) is 15.9. The highest BCUT2D eigenvalue weighted by atomic mass is 32.2. The number of hydrogen-bond acceptors (Lipinski definition) is 5. The van der Waals surface area contributed by atoms with E-state index < -0.39 is 10.0 Å². The van der Waals surface area contributed by atoms with Crippen molar-refractivity contribution in [3.8, 4) is 0 Å². The molecule has 170 valence electrons. The van der Waals surface area contributed by atoms with Gasteiger partial charge in [-0.2, -0.15) is 0 Å². The Morgan fingerprint density at radius 3 is 2.76 bits per heavy atom. The molecule has 2 aromatic carbocycles. The second-order valence-corrected chi connectivity index (χ2v) is 10.5. The average Bonchev–Trinajstić information content (AvgIpc) is 3.30. The number of nitrogens with one attached hydrogen (secondary N) is 2. The normalized spacial score (nSPS) is 18.0. The van der Waals surface area contributed by atoms with E-state index in [-0.39, 0.29) is 10.8 Å². The molecule has 2 N–H and O–H groups in total. The van der Waals surface area contributed by atoms with E-state index in [9.17, 15) is 13.2 Å². The summed E-state index contributed by atoms with van der Waals surface area (Å²) in [6.45, 7) is 2.83. The summed E-state index contributed by atoms with van der Waals surface area (Å²) in [7, 11) is -3.77. The Morgan fingerprint density at radius 2 is 1.94 bits per heavy atom. The third-order valence-electron chi connectivity index (χ3n) is 6.26. The van der Waals surface area contributed by atoms with Crippen LogP contribution in [0.15, 0.2) is 58.4 Å². The van der Waals surface area contributed by atoms with Crippen molar-refractivity contribution in [1.29, 1.82) is 0 Å². The van der Waals surface area contributed by atoms with Crippen molar-refractivity contribution in [2.75, 3.05) is 11.9 Å². The predicted octanol–water partition coefficient (Wildman–Crippen LogP) is 4.08. The van der Waals surface area contributed by atoms with Gasteiger partial charge in [0.15, 0.2) is 0 Å². The molecular formula is C25H26N4O3S. The zero-order valence-corrected chi connectivity index (χ0v) is 19.3. The number of rotatable bonds is 4. The van der Waals surface area contributed by atoms with Gasteiger partial charge in [0.1, 0.15) is 5.84 Å². The Labute approximate surface area is 193 Å². The molecule has 7 nitrogen and oxygen atoms in total. The summed E-state index contributed by atoms with van der Waals surface area (Å²) in [6.07, 6.45) is 4.17. The number of aliphatic imine (C=N–C) groups is 1. The van der Waals surface area contributed by atoms with Gasteiger partial charge in [0, 0.05) is 29.7 Å². The topological polar surface area (TPSA) is 101 Å². The molecule has 0 bridgehead atoms. The number of fused-ring (bicyclic) bond motifs is 2. The van der Waals surface area contributed by atoms with Crippen LogP contribution in [0, 0.1) is 5.92 Å². The lowest BCUT2D eigenvalue weighted by Gasteiger charge is -2.24. The molecule has 0 saturated heterocycles. The number of aryl methyl sites for hydroxylation is 1. The quantitative estimate of drug-likeness (QED) is 0.610. The van der Waals surface area contributed by atoms with Gasteiger partial charge in [0.25, 0.3) is 15.9 Å². The molecule has 0 radical (unpaired) electrons. The van der Waals surface area contributed by atoms with E-state index in [1.54, 1.807) is 12.1 Å². The fraction of sp³-hybridized carbons (Fsp3) is 0.320. The van der Waals surface area contributed by atoms with Crippen LogP contribution in [-0.4, -0.2) is 31.7 Å². The Balaban J connectivity index is 1.48. The fourth-order valence-corrected chi connectivity index (χ4v) is 5.73. The van der Waals surface area contributed by atoms with Gasteiger partial charge in [-0.3, -0.25) is 19.5 Å². The van der Waals surface area contributed by atoms with Crippen LogP contribution in [0.25, 0.3) is 10.9 Å².